The van der Waals surface area contributed by atoms with E-state index in [4.69, 9.17) is 11.6 Å². The van der Waals surface area contributed by atoms with Crippen molar-refractivity contribution in [2.45, 2.75) is 26.7 Å². The Bertz CT molecular complexity index is 579. The first-order chi connectivity index (χ1) is 8.97. The predicted molar refractivity (Wildman–Crippen MR) is 76.3 cm³/mol. The van der Waals surface area contributed by atoms with E-state index in [0.29, 0.717) is 29.2 Å². The zero-order chi connectivity index (χ0) is 14.0. The van der Waals surface area contributed by atoms with Gasteiger partial charge in [0.15, 0.2) is 5.78 Å². The van der Waals surface area contributed by atoms with Crippen molar-refractivity contribution in [3.05, 3.63) is 34.5 Å². The summed E-state index contributed by atoms with van der Waals surface area (Å²) in [7, 11) is 0. The van der Waals surface area contributed by atoms with E-state index >= 15 is 0 Å². The minimum absolute atomic E-state index is 0.139. The molecule has 1 aliphatic carbocycles. The second-order valence-corrected chi connectivity index (χ2v) is 4.93. The molecule has 0 spiro atoms. The molecule has 0 heterocycles. The molecule has 0 radical (unpaired) electrons. The van der Waals surface area contributed by atoms with Crippen molar-refractivity contribution in [3.8, 4) is 0 Å². The summed E-state index contributed by atoms with van der Waals surface area (Å²) >= 11 is 6.11. The first kappa shape index (κ1) is 13.6. The van der Waals surface area contributed by atoms with Crippen molar-refractivity contribution < 1.29 is 9.59 Å². The number of benzene rings is 1. The Balaban J connectivity index is 2.25. The highest BCUT2D eigenvalue weighted by molar-refractivity contribution is 6.33. The first-order valence-electron chi connectivity index (χ1n) is 6.04. The highest BCUT2D eigenvalue weighted by atomic mass is 35.5. The average molecular weight is 279 g/mol. The molecule has 1 amide bonds. The van der Waals surface area contributed by atoms with Gasteiger partial charge in [0.05, 0.1) is 10.7 Å². The van der Waals surface area contributed by atoms with Crippen LogP contribution in [0.3, 0.4) is 0 Å². The number of rotatable bonds is 3. The van der Waals surface area contributed by atoms with Crippen LogP contribution in [-0.4, -0.2) is 11.7 Å². The van der Waals surface area contributed by atoms with Gasteiger partial charge >= 0.3 is 0 Å². The van der Waals surface area contributed by atoms with Crippen molar-refractivity contribution in [1.82, 2.24) is 0 Å². The van der Waals surface area contributed by atoms with E-state index < -0.39 is 0 Å². The van der Waals surface area contributed by atoms with Gasteiger partial charge in [-0.15, -0.1) is 0 Å². The van der Waals surface area contributed by atoms with E-state index in [1.807, 2.05) is 6.92 Å². The summed E-state index contributed by atoms with van der Waals surface area (Å²) in [5, 5.41) is 6.42. The number of carbonyl (C=O) groups is 2. The normalized spacial score (nSPS) is 14.8. The Labute approximate surface area is 116 Å². The topological polar surface area (TPSA) is 58.2 Å². The minimum atomic E-state index is -0.139. The summed E-state index contributed by atoms with van der Waals surface area (Å²) in [5.74, 6) is 0.0244. The number of hydrogen-bond donors (Lipinski definition) is 2. The maximum atomic E-state index is 11.5. The molecule has 5 heteroatoms. The van der Waals surface area contributed by atoms with Gasteiger partial charge in [0.2, 0.25) is 5.91 Å². The fourth-order valence-corrected chi connectivity index (χ4v) is 2.17. The van der Waals surface area contributed by atoms with Crippen molar-refractivity contribution in [2.24, 2.45) is 0 Å². The third kappa shape index (κ3) is 3.15. The fraction of sp³-hybridized carbons (Fsp3) is 0.286. The van der Waals surface area contributed by atoms with Gasteiger partial charge in [-0.05, 0) is 31.5 Å². The van der Waals surface area contributed by atoms with Crippen LogP contribution >= 0.6 is 11.6 Å². The standard InChI is InChI=1S/C14H15ClN2O2/c1-8-12(5-6-14(8)19)17-13-7-10(16-9(2)18)3-4-11(13)15/h3-4,7,17H,5-6H2,1-2H3,(H,16,18). The number of ketones is 1. The van der Waals surface area contributed by atoms with Gasteiger partial charge < -0.3 is 10.6 Å². The molecule has 0 unspecified atom stereocenters. The molecular weight excluding hydrogens is 264 g/mol. The first-order valence-corrected chi connectivity index (χ1v) is 6.42. The number of nitrogens with one attached hydrogen (secondary N) is 2. The number of allylic oxidation sites excluding steroid dienone is 2. The number of hydrogen-bond acceptors (Lipinski definition) is 3. The Morgan fingerprint density at radius 1 is 1.32 bits per heavy atom. The molecule has 100 valence electrons. The van der Waals surface area contributed by atoms with Crippen LogP contribution in [0, 0.1) is 0 Å². The van der Waals surface area contributed by atoms with Crippen molar-refractivity contribution >= 4 is 34.7 Å². The maximum absolute atomic E-state index is 11.5. The molecule has 0 aromatic heterocycles. The van der Waals surface area contributed by atoms with Crippen LogP contribution in [0.25, 0.3) is 0 Å². The van der Waals surface area contributed by atoms with Crippen LogP contribution in [0.1, 0.15) is 26.7 Å². The fourth-order valence-electron chi connectivity index (χ4n) is 2.00. The van der Waals surface area contributed by atoms with E-state index in [1.54, 1.807) is 18.2 Å². The molecule has 0 bridgehead atoms. The molecule has 1 aliphatic rings. The maximum Gasteiger partial charge on any atom is 0.221 e. The molecule has 0 fully saturated rings. The number of carbonyl (C=O) groups excluding carboxylic acids is 2. The smallest absolute Gasteiger partial charge is 0.221 e. The van der Waals surface area contributed by atoms with E-state index in [-0.39, 0.29) is 11.7 Å². The Morgan fingerprint density at radius 2 is 2.05 bits per heavy atom. The Morgan fingerprint density at radius 3 is 2.63 bits per heavy atom. The molecule has 0 atom stereocenters. The van der Waals surface area contributed by atoms with Gasteiger partial charge in [-0.25, -0.2) is 0 Å². The van der Waals surface area contributed by atoms with Gasteiger partial charge in [-0.1, -0.05) is 11.6 Å². The molecule has 19 heavy (non-hydrogen) atoms. The van der Waals surface area contributed by atoms with E-state index in [9.17, 15) is 9.59 Å². The molecule has 0 aliphatic heterocycles. The number of amides is 1. The highest BCUT2D eigenvalue weighted by Crippen LogP contribution is 2.30. The molecular formula is C14H15ClN2O2. The van der Waals surface area contributed by atoms with Crippen LogP contribution in [0.2, 0.25) is 5.02 Å². The molecule has 4 nitrogen and oxygen atoms in total. The van der Waals surface area contributed by atoms with E-state index in [0.717, 1.165) is 11.3 Å². The van der Waals surface area contributed by atoms with E-state index in [2.05, 4.69) is 10.6 Å². The summed E-state index contributed by atoms with van der Waals surface area (Å²) in [4.78, 5) is 22.5. The quantitative estimate of drug-likeness (QED) is 0.891. The Kier molecular flexibility index (Phi) is 3.90. The third-order valence-electron chi connectivity index (χ3n) is 3.05. The van der Waals surface area contributed by atoms with Gasteiger partial charge in [-0.2, -0.15) is 0 Å². The summed E-state index contributed by atoms with van der Waals surface area (Å²) in [6.07, 6.45) is 1.24. The molecule has 1 aromatic rings. The summed E-state index contributed by atoms with van der Waals surface area (Å²) in [6.45, 7) is 3.26. The number of anilines is 2. The number of Topliss-reactive ketones (excluding diaryl/α,β-unsaturated/α-hetero) is 1. The second-order valence-electron chi connectivity index (χ2n) is 4.53. The van der Waals surface area contributed by atoms with E-state index in [1.165, 1.54) is 6.92 Å². The lowest BCUT2D eigenvalue weighted by Crippen LogP contribution is -2.06. The zero-order valence-electron chi connectivity index (χ0n) is 10.8. The predicted octanol–water partition coefficient (Wildman–Crippen LogP) is 3.35. The Hall–Kier alpha value is -1.81. The van der Waals surface area contributed by atoms with Gasteiger partial charge in [0.1, 0.15) is 0 Å². The molecule has 2 N–H and O–H groups in total. The van der Waals surface area contributed by atoms with Crippen LogP contribution in [-0.2, 0) is 9.59 Å². The molecule has 0 saturated heterocycles. The van der Waals surface area contributed by atoms with Gasteiger partial charge in [0, 0.05) is 30.3 Å². The van der Waals surface area contributed by atoms with Crippen molar-refractivity contribution in [3.63, 3.8) is 0 Å². The zero-order valence-corrected chi connectivity index (χ0v) is 11.6. The minimum Gasteiger partial charge on any atom is -0.357 e. The highest BCUT2D eigenvalue weighted by Gasteiger charge is 2.19. The lowest BCUT2D eigenvalue weighted by molar-refractivity contribution is -0.115. The second kappa shape index (κ2) is 5.45. The lowest BCUT2D eigenvalue weighted by atomic mass is 10.2. The van der Waals surface area contributed by atoms with Gasteiger partial charge in [-0.3, -0.25) is 9.59 Å². The van der Waals surface area contributed by atoms with Crippen LogP contribution in [0.15, 0.2) is 29.5 Å². The molecule has 2 rings (SSSR count). The molecule has 0 saturated carbocycles. The molecule has 1 aromatic carbocycles. The summed E-state index contributed by atoms with van der Waals surface area (Å²) < 4.78 is 0. The SMILES string of the molecule is CC(=O)Nc1ccc(Cl)c(NC2=C(C)C(=O)CC2)c1. The van der Waals surface area contributed by atoms with Crippen LogP contribution < -0.4 is 10.6 Å². The third-order valence-corrected chi connectivity index (χ3v) is 3.37. The lowest BCUT2D eigenvalue weighted by Gasteiger charge is -2.12. The monoisotopic (exact) mass is 278 g/mol. The van der Waals surface area contributed by atoms with Gasteiger partial charge in [0.25, 0.3) is 0 Å². The van der Waals surface area contributed by atoms with Crippen LogP contribution in [0.4, 0.5) is 11.4 Å². The number of halogens is 1. The largest absolute Gasteiger partial charge is 0.357 e. The van der Waals surface area contributed by atoms with Crippen molar-refractivity contribution in [1.29, 1.82) is 0 Å². The summed E-state index contributed by atoms with van der Waals surface area (Å²) in [5.41, 5.74) is 3.01. The van der Waals surface area contributed by atoms with Crippen LogP contribution in [0.5, 0.6) is 0 Å². The average Bonchev–Trinajstić information content (AvgIpc) is 2.65. The van der Waals surface area contributed by atoms with Crippen molar-refractivity contribution in [2.75, 3.05) is 10.6 Å². The summed E-state index contributed by atoms with van der Waals surface area (Å²) in [6, 6.07) is 5.20.